The van der Waals surface area contributed by atoms with E-state index < -0.39 is 0 Å². The molecule has 0 aliphatic carbocycles. The average molecular weight is 232 g/mol. The molecule has 0 amide bonds. The maximum atomic E-state index is 6.88. The van der Waals surface area contributed by atoms with Crippen LogP contribution in [-0.2, 0) is 22.4 Å². The molecular formula is CH3AgNOSe. The van der Waals surface area contributed by atoms with Crippen LogP contribution in [0.1, 0.15) is 0 Å². The monoisotopic (exact) mass is 232 g/mol. The molecule has 0 saturated heterocycles. The van der Waals surface area contributed by atoms with E-state index in [-0.39, 0.29) is 39.4 Å². The van der Waals surface area contributed by atoms with Gasteiger partial charge >= 0.3 is 17.1 Å². The van der Waals surface area contributed by atoms with Crippen molar-refractivity contribution in [3.8, 4) is 6.26 Å². The number of rotatable bonds is 0. The summed E-state index contributed by atoms with van der Waals surface area (Å²) in [5, 5.41) is 13.8. The zero-order valence-electron chi connectivity index (χ0n) is 2.20. The summed E-state index contributed by atoms with van der Waals surface area (Å²) in [6.45, 7) is 0. The van der Waals surface area contributed by atoms with E-state index >= 15 is 0 Å². The zero-order chi connectivity index (χ0) is 2.71. The Labute approximate surface area is 56.2 Å². The molecule has 1 N–H and O–H groups in total. The number of hydrogen-bond acceptors (Lipinski definition) is 2. The van der Waals surface area contributed by atoms with Gasteiger partial charge in [0.15, 0.2) is 0 Å². The van der Waals surface area contributed by atoms with Crippen LogP contribution in [0, 0.1) is 11.5 Å². The molecule has 5 heavy (non-hydrogen) atoms. The molecule has 0 unspecified atom stereocenters. The second-order valence-corrected chi connectivity index (χ2v) is 0.100. The van der Waals surface area contributed by atoms with Crippen molar-refractivity contribution in [2.75, 3.05) is 0 Å². The summed E-state index contributed by atoms with van der Waals surface area (Å²) in [6.07, 6.45) is 0.750. The Morgan fingerprint density at radius 3 is 1.60 bits per heavy atom. The van der Waals surface area contributed by atoms with Crippen LogP contribution in [0.15, 0.2) is 0 Å². The summed E-state index contributed by atoms with van der Waals surface area (Å²) >= 11 is 0. The maximum absolute atomic E-state index is 6.88. The third-order valence-electron chi connectivity index (χ3n) is 0. The summed E-state index contributed by atoms with van der Waals surface area (Å²) in [5.41, 5.74) is 0. The quantitative estimate of drug-likeness (QED) is 0.426. The second kappa shape index (κ2) is 23.9. The first-order valence-electron chi connectivity index (χ1n) is 0.447. The fourth-order valence-corrected chi connectivity index (χ4v) is 0. The van der Waals surface area contributed by atoms with Gasteiger partial charge in [0, 0.05) is 22.4 Å². The summed E-state index contributed by atoms with van der Waals surface area (Å²) in [5.74, 6) is 0. The van der Waals surface area contributed by atoms with Crippen LogP contribution in [0.4, 0.5) is 0 Å². The molecule has 0 fully saturated rings. The molecule has 0 aromatic heterocycles. The van der Waals surface area contributed by atoms with Crippen molar-refractivity contribution in [2.24, 2.45) is 0 Å². The molecule has 0 aliphatic rings. The molecule has 0 spiro atoms. The third kappa shape index (κ3) is 97.9. The Hall–Kier alpha value is 0.550. The van der Waals surface area contributed by atoms with Crippen molar-refractivity contribution in [2.45, 2.75) is 0 Å². The van der Waals surface area contributed by atoms with Gasteiger partial charge in [-0.1, -0.05) is 0 Å². The standard InChI is InChI=1S/CHNO.Ag.H2Se/c2-1-3;;/h3H;;1H2. The Morgan fingerprint density at radius 2 is 1.60 bits per heavy atom. The van der Waals surface area contributed by atoms with Gasteiger partial charge in [-0.05, 0) is 0 Å². The van der Waals surface area contributed by atoms with Crippen LogP contribution in [0.5, 0.6) is 0 Å². The molecule has 0 saturated carbocycles. The molecule has 0 bridgehead atoms. The number of aliphatic hydroxyl groups is 1. The molecule has 0 rings (SSSR count). The van der Waals surface area contributed by atoms with Crippen LogP contribution >= 0.6 is 0 Å². The van der Waals surface area contributed by atoms with Crippen molar-refractivity contribution in [3.63, 3.8) is 0 Å². The van der Waals surface area contributed by atoms with Crippen LogP contribution in [0.25, 0.3) is 0 Å². The fourth-order valence-electron chi connectivity index (χ4n) is 0. The van der Waals surface area contributed by atoms with Crippen molar-refractivity contribution < 1.29 is 27.5 Å². The third-order valence-corrected chi connectivity index (χ3v) is 0. The minimum atomic E-state index is 0. The first-order chi connectivity index (χ1) is 1.41. The average Bonchev–Trinajstić information content (AvgIpc) is 0.918. The summed E-state index contributed by atoms with van der Waals surface area (Å²) in [7, 11) is 0. The van der Waals surface area contributed by atoms with Gasteiger partial charge in [-0.25, -0.2) is 0 Å². The van der Waals surface area contributed by atoms with E-state index in [0.29, 0.717) is 0 Å². The van der Waals surface area contributed by atoms with Crippen LogP contribution < -0.4 is 0 Å². The van der Waals surface area contributed by atoms with Gasteiger partial charge in [0.1, 0.15) is 0 Å². The van der Waals surface area contributed by atoms with E-state index in [2.05, 4.69) is 0 Å². The van der Waals surface area contributed by atoms with Crippen LogP contribution in [-0.4, -0.2) is 22.2 Å². The van der Waals surface area contributed by atoms with Crippen molar-refractivity contribution in [1.29, 1.82) is 5.26 Å². The number of nitriles is 1. The minimum absolute atomic E-state index is 0. The Bertz CT molecular complexity index is 33.1. The van der Waals surface area contributed by atoms with E-state index in [0.717, 1.165) is 6.26 Å². The molecule has 0 aliphatic heterocycles. The summed E-state index contributed by atoms with van der Waals surface area (Å²) < 4.78 is 0. The molecule has 0 atom stereocenters. The second-order valence-electron chi connectivity index (χ2n) is 0.100. The molecule has 0 aromatic carbocycles. The number of aliphatic hydroxyl groups excluding tert-OH is 1. The molecule has 0 aromatic rings. The van der Waals surface area contributed by atoms with Gasteiger partial charge in [-0.3, -0.25) is 0 Å². The zero-order valence-corrected chi connectivity index (χ0v) is 5.78. The van der Waals surface area contributed by atoms with E-state index in [1.165, 1.54) is 0 Å². The van der Waals surface area contributed by atoms with E-state index in [1.807, 2.05) is 0 Å². The fraction of sp³-hybridized carbons (Fsp3) is 0. The van der Waals surface area contributed by atoms with Gasteiger partial charge in [-0.15, -0.1) is 0 Å². The summed E-state index contributed by atoms with van der Waals surface area (Å²) in [6, 6.07) is 0. The van der Waals surface area contributed by atoms with Gasteiger partial charge in [0.2, 0.25) is 0 Å². The van der Waals surface area contributed by atoms with Gasteiger partial charge in [-0.2, -0.15) is 5.26 Å². The summed E-state index contributed by atoms with van der Waals surface area (Å²) in [4.78, 5) is 0. The first-order valence-corrected chi connectivity index (χ1v) is 0.447. The number of nitrogens with zero attached hydrogens (tertiary/aromatic N) is 1. The van der Waals surface area contributed by atoms with E-state index in [9.17, 15) is 0 Å². The van der Waals surface area contributed by atoms with Crippen molar-refractivity contribution >= 4 is 17.1 Å². The van der Waals surface area contributed by atoms with Gasteiger partial charge < -0.3 is 5.11 Å². The van der Waals surface area contributed by atoms with Crippen molar-refractivity contribution in [3.05, 3.63) is 0 Å². The van der Waals surface area contributed by atoms with Crippen molar-refractivity contribution in [1.82, 2.24) is 0 Å². The normalized spacial score (nSPS) is 1.40. The topological polar surface area (TPSA) is 44.0 Å². The molecule has 4 heteroatoms. The Morgan fingerprint density at radius 1 is 1.60 bits per heavy atom. The van der Waals surface area contributed by atoms with E-state index in [1.54, 1.807) is 0 Å². The molecular weight excluding hydrogens is 229 g/mol. The Kier molecular flexibility index (Phi) is 84.4. The van der Waals surface area contributed by atoms with E-state index in [4.69, 9.17) is 10.4 Å². The molecule has 0 heterocycles. The van der Waals surface area contributed by atoms with Crippen LogP contribution in [0.3, 0.4) is 0 Å². The van der Waals surface area contributed by atoms with Gasteiger partial charge in [0.25, 0.3) is 6.26 Å². The SMILES string of the molecule is N#CO.[Ag].[SeH2]. The molecule has 1 radical (unpaired) electrons. The first kappa shape index (κ1) is 17.7. The molecule has 35 valence electrons. The Balaban J connectivity index is -0.0000000200. The molecule has 2 nitrogen and oxygen atoms in total. The predicted molar refractivity (Wildman–Crippen MR) is 16.1 cm³/mol. The number of hydrogen-bond donors (Lipinski definition) is 1. The predicted octanol–water partition coefficient (Wildman–Crippen LogP) is -1.08. The van der Waals surface area contributed by atoms with Gasteiger partial charge in [0.05, 0.1) is 0 Å². The van der Waals surface area contributed by atoms with Crippen LogP contribution in [0.2, 0.25) is 0 Å².